The molecule has 1 aromatic carbocycles. The van der Waals surface area contributed by atoms with E-state index in [9.17, 15) is 9.90 Å². The Labute approximate surface area is 133 Å². The molecule has 0 atom stereocenters. The summed E-state index contributed by atoms with van der Waals surface area (Å²) in [5, 5.41) is 9.18. The van der Waals surface area contributed by atoms with Crippen LogP contribution in [0, 0.1) is 6.92 Å². The third kappa shape index (κ3) is 3.08. The second-order valence-electron chi connectivity index (χ2n) is 5.28. The molecule has 0 aliphatic carbocycles. The smallest absolute Gasteiger partial charge is 0.336 e. The maximum atomic E-state index is 11.2. The fourth-order valence-corrected chi connectivity index (χ4v) is 2.37. The molecule has 23 heavy (non-hydrogen) atoms. The van der Waals surface area contributed by atoms with Gasteiger partial charge in [0.1, 0.15) is 11.5 Å². The molecule has 0 unspecified atom stereocenters. The summed E-state index contributed by atoms with van der Waals surface area (Å²) >= 11 is 0. The van der Waals surface area contributed by atoms with E-state index in [2.05, 4.69) is 4.98 Å². The quantitative estimate of drug-likeness (QED) is 0.794. The summed E-state index contributed by atoms with van der Waals surface area (Å²) in [5.41, 5.74) is 2.63. The molecule has 3 aromatic rings. The number of aryl methyl sites for hydroxylation is 1. The summed E-state index contributed by atoms with van der Waals surface area (Å²) in [4.78, 5) is 15.5. The number of carboxylic acids is 1. The first-order valence-electron chi connectivity index (χ1n) is 7.14. The van der Waals surface area contributed by atoms with Crippen LogP contribution in [0.4, 0.5) is 0 Å². The van der Waals surface area contributed by atoms with E-state index in [0.717, 1.165) is 11.3 Å². The van der Waals surface area contributed by atoms with E-state index >= 15 is 0 Å². The number of nitrogens with zero attached hydrogens (tertiary/aromatic N) is 2. The van der Waals surface area contributed by atoms with Gasteiger partial charge >= 0.3 is 5.97 Å². The Morgan fingerprint density at radius 3 is 2.78 bits per heavy atom. The minimum absolute atomic E-state index is 0.236. The molecule has 0 spiro atoms. The van der Waals surface area contributed by atoms with Gasteiger partial charge in [-0.05, 0) is 31.2 Å². The van der Waals surface area contributed by atoms with E-state index < -0.39 is 5.97 Å². The lowest BCUT2D eigenvalue weighted by molar-refractivity contribution is 0.0695. The molecule has 5 nitrogen and oxygen atoms in total. The van der Waals surface area contributed by atoms with Crippen molar-refractivity contribution in [2.45, 2.75) is 6.92 Å². The summed E-state index contributed by atoms with van der Waals surface area (Å²) in [6.45, 7) is 1.73. The molecule has 2 heterocycles. The number of carboxylic acid groups (broad SMARTS) is 1. The van der Waals surface area contributed by atoms with Gasteiger partial charge < -0.3 is 14.4 Å². The van der Waals surface area contributed by atoms with Crippen LogP contribution in [0.2, 0.25) is 0 Å². The molecule has 0 saturated heterocycles. The Morgan fingerprint density at radius 2 is 2.09 bits per heavy atom. The summed E-state index contributed by atoms with van der Waals surface area (Å²) in [7, 11) is 1.95. The largest absolute Gasteiger partial charge is 0.478 e. The fourth-order valence-electron chi connectivity index (χ4n) is 2.37. The number of hydrogen-bond acceptors (Lipinski definition) is 3. The molecule has 0 aliphatic heterocycles. The van der Waals surface area contributed by atoms with Crippen molar-refractivity contribution in [1.29, 1.82) is 0 Å². The van der Waals surface area contributed by atoms with Crippen molar-refractivity contribution in [2.24, 2.45) is 7.05 Å². The summed E-state index contributed by atoms with van der Waals surface area (Å²) < 4.78 is 7.81. The highest BCUT2D eigenvalue weighted by Crippen LogP contribution is 2.29. The van der Waals surface area contributed by atoms with Gasteiger partial charge in [-0.15, -0.1) is 0 Å². The van der Waals surface area contributed by atoms with Crippen LogP contribution in [0.15, 0.2) is 55.0 Å². The molecule has 0 aliphatic rings. The normalized spacial score (nSPS) is 10.5. The lowest BCUT2D eigenvalue weighted by Gasteiger charge is -2.11. The zero-order valence-corrected chi connectivity index (χ0v) is 12.9. The van der Waals surface area contributed by atoms with Gasteiger partial charge in [-0.3, -0.25) is 4.98 Å². The van der Waals surface area contributed by atoms with Crippen molar-refractivity contribution in [3.63, 3.8) is 0 Å². The second kappa shape index (κ2) is 5.96. The standard InChI is InChI=1S/C18H16N2O3/c1-12-15(18(21)22)4-3-5-17(12)23-14-6-8-19-16(10-14)13-7-9-20(2)11-13/h3-11H,1-2H3,(H,21,22). The zero-order chi connectivity index (χ0) is 16.4. The number of pyridine rings is 1. The third-order valence-corrected chi connectivity index (χ3v) is 3.60. The Bertz CT molecular complexity index is 868. The van der Waals surface area contributed by atoms with E-state index in [1.54, 1.807) is 37.4 Å². The lowest BCUT2D eigenvalue weighted by Crippen LogP contribution is -2.01. The lowest BCUT2D eigenvalue weighted by atomic mass is 10.1. The minimum atomic E-state index is -0.965. The van der Waals surface area contributed by atoms with Crippen LogP contribution in [0.3, 0.4) is 0 Å². The van der Waals surface area contributed by atoms with Gasteiger partial charge in [0.05, 0.1) is 11.3 Å². The van der Waals surface area contributed by atoms with Crippen molar-refractivity contribution in [3.8, 4) is 22.8 Å². The number of benzene rings is 1. The zero-order valence-electron chi connectivity index (χ0n) is 12.9. The molecule has 0 radical (unpaired) electrons. The Kier molecular flexibility index (Phi) is 3.85. The highest BCUT2D eigenvalue weighted by molar-refractivity contribution is 5.90. The van der Waals surface area contributed by atoms with Gasteiger partial charge in [0.2, 0.25) is 0 Å². The van der Waals surface area contributed by atoms with E-state index in [1.165, 1.54) is 0 Å². The molecule has 0 saturated carbocycles. The van der Waals surface area contributed by atoms with Crippen LogP contribution in [0.25, 0.3) is 11.3 Å². The Balaban J connectivity index is 1.92. The molecule has 3 rings (SSSR count). The molecular formula is C18H16N2O3. The number of aromatic carboxylic acids is 1. The van der Waals surface area contributed by atoms with Gasteiger partial charge in [0.25, 0.3) is 0 Å². The molecule has 0 fully saturated rings. The van der Waals surface area contributed by atoms with E-state index in [4.69, 9.17) is 4.74 Å². The van der Waals surface area contributed by atoms with Gasteiger partial charge in [0.15, 0.2) is 0 Å². The number of hydrogen-bond donors (Lipinski definition) is 1. The predicted molar refractivity (Wildman–Crippen MR) is 86.9 cm³/mol. The van der Waals surface area contributed by atoms with Gasteiger partial charge in [-0.2, -0.15) is 0 Å². The maximum Gasteiger partial charge on any atom is 0.336 e. The number of rotatable bonds is 4. The van der Waals surface area contributed by atoms with Crippen molar-refractivity contribution in [2.75, 3.05) is 0 Å². The molecule has 2 aromatic heterocycles. The molecule has 0 amide bonds. The Morgan fingerprint density at radius 1 is 1.26 bits per heavy atom. The molecule has 1 N–H and O–H groups in total. The van der Waals surface area contributed by atoms with Crippen molar-refractivity contribution in [3.05, 3.63) is 66.1 Å². The summed E-state index contributed by atoms with van der Waals surface area (Å²) in [6.07, 6.45) is 5.60. The SMILES string of the molecule is Cc1c(Oc2ccnc(-c3ccn(C)c3)c2)cccc1C(=O)O. The summed E-state index contributed by atoms with van der Waals surface area (Å²) in [6, 6.07) is 10.5. The second-order valence-corrected chi connectivity index (χ2v) is 5.28. The first-order chi connectivity index (χ1) is 11.0. The first-order valence-corrected chi connectivity index (χ1v) is 7.14. The first kappa shape index (κ1) is 14.8. The summed E-state index contributed by atoms with van der Waals surface area (Å²) in [5.74, 6) is 0.173. The fraction of sp³-hybridized carbons (Fsp3) is 0.111. The monoisotopic (exact) mass is 308 g/mol. The number of aromatic nitrogens is 2. The van der Waals surface area contributed by atoms with Crippen LogP contribution < -0.4 is 4.74 Å². The third-order valence-electron chi connectivity index (χ3n) is 3.60. The molecule has 116 valence electrons. The van der Waals surface area contributed by atoms with Gasteiger partial charge in [-0.1, -0.05) is 6.07 Å². The van der Waals surface area contributed by atoms with Crippen molar-refractivity contribution in [1.82, 2.24) is 9.55 Å². The number of ether oxygens (including phenoxy) is 1. The van der Waals surface area contributed by atoms with Crippen molar-refractivity contribution >= 4 is 5.97 Å². The molecular weight excluding hydrogens is 292 g/mol. The average Bonchev–Trinajstić information content (AvgIpc) is 2.96. The van der Waals surface area contributed by atoms with Crippen LogP contribution in [0.1, 0.15) is 15.9 Å². The van der Waals surface area contributed by atoms with Crippen LogP contribution in [-0.4, -0.2) is 20.6 Å². The average molecular weight is 308 g/mol. The van der Waals surface area contributed by atoms with Gasteiger partial charge in [-0.25, -0.2) is 4.79 Å². The highest BCUT2D eigenvalue weighted by Gasteiger charge is 2.12. The topological polar surface area (TPSA) is 64.4 Å². The van der Waals surface area contributed by atoms with E-state index in [-0.39, 0.29) is 5.56 Å². The number of carbonyl (C=O) groups is 1. The van der Waals surface area contributed by atoms with Gasteiger partial charge in [0, 0.05) is 42.8 Å². The van der Waals surface area contributed by atoms with E-state index in [0.29, 0.717) is 17.1 Å². The van der Waals surface area contributed by atoms with E-state index in [1.807, 2.05) is 36.1 Å². The Hall–Kier alpha value is -3.08. The molecule has 0 bridgehead atoms. The predicted octanol–water partition coefficient (Wildman–Crippen LogP) is 3.89. The van der Waals surface area contributed by atoms with Crippen LogP contribution in [0.5, 0.6) is 11.5 Å². The van der Waals surface area contributed by atoms with Crippen LogP contribution >= 0.6 is 0 Å². The highest BCUT2D eigenvalue weighted by atomic mass is 16.5. The van der Waals surface area contributed by atoms with Crippen LogP contribution in [-0.2, 0) is 7.05 Å². The van der Waals surface area contributed by atoms with Crippen molar-refractivity contribution < 1.29 is 14.6 Å². The maximum absolute atomic E-state index is 11.2. The minimum Gasteiger partial charge on any atom is -0.478 e. The molecule has 5 heteroatoms.